The lowest BCUT2D eigenvalue weighted by Crippen LogP contribution is -2.32. The van der Waals surface area contributed by atoms with Crippen molar-refractivity contribution in [3.8, 4) is 11.6 Å². The molecule has 7 nitrogen and oxygen atoms in total. The summed E-state index contributed by atoms with van der Waals surface area (Å²) < 4.78 is 33.8. The summed E-state index contributed by atoms with van der Waals surface area (Å²) in [6.07, 6.45) is 5.85. The number of benzene rings is 2. The quantitative estimate of drug-likeness (QED) is 0.514. The number of rotatable bonds is 7. The molecular weight excluding hydrogens is 438 g/mol. The van der Waals surface area contributed by atoms with E-state index in [9.17, 15) is 13.2 Å². The molecule has 0 saturated heterocycles. The molecule has 1 aliphatic rings. The van der Waals surface area contributed by atoms with Crippen molar-refractivity contribution in [2.24, 2.45) is 0 Å². The number of ether oxygens (including phenoxy) is 1. The van der Waals surface area contributed by atoms with Crippen molar-refractivity contribution in [3.63, 3.8) is 0 Å². The second-order valence-corrected chi connectivity index (χ2v) is 9.99. The largest absolute Gasteiger partial charge is 0.439 e. The van der Waals surface area contributed by atoms with E-state index in [1.165, 1.54) is 6.20 Å². The fourth-order valence-electron chi connectivity index (χ4n) is 3.94. The number of aryl methyl sites for hydroxylation is 2. The molecule has 0 bridgehead atoms. The number of amides is 1. The number of hydrogen-bond acceptors (Lipinski definition) is 5. The third-order valence-electron chi connectivity index (χ3n) is 5.64. The first-order valence-corrected chi connectivity index (χ1v) is 12.4. The van der Waals surface area contributed by atoms with Crippen LogP contribution in [-0.2, 0) is 10.0 Å². The fraction of sp³-hybridized carbons (Fsp3) is 0.280. The Hall–Kier alpha value is -3.39. The fourth-order valence-corrected chi connectivity index (χ4v) is 5.22. The maximum atomic E-state index is 12.7. The molecule has 0 radical (unpaired) electrons. The maximum Gasteiger partial charge on any atom is 0.262 e. The van der Waals surface area contributed by atoms with Crippen LogP contribution in [0.25, 0.3) is 0 Å². The summed E-state index contributed by atoms with van der Waals surface area (Å²) in [7, 11) is -3.70. The van der Waals surface area contributed by atoms with Gasteiger partial charge in [-0.15, -0.1) is 0 Å². The van der Waals surface area contributed by atoms with Gasteiger partial charge in [-0.2, -0.15) is 0 Å². The zero-order valence-corrected chi connectivity index (χ0v) is 19.5. The van der Waals surface area contributed by atoms with Crippen LogP contribution in [0.4, 0.5) is 5.69 Å². The van der Waals surface area contributed by atoms with Gasteiger partial charge < -0.3 is 10.1 Å². The van der Waals surface area contributed by atoms with Gasteiger partial charge in [0.15, 0.2) is 0 Å². The SMILES string of the molecule is Cc1ccc(S(=O)(=O)Nc2ccc(Oc3ccc(C(=O)NC4CCCC4)cn3)cc2)c(C)c1. The first-order valence-electron chi connectivity index (χ1n) is 10.9. The van der Waals surface area contributed by atoms with Crippen molar-refractivity contribution in [3.05, 3.63) is 77.5 Å². The normalized spacial score (nSPS) is 14.1. The maximum absolute atomic E-state index is 12.7. The first kappa shape index (κ1) is 22.8. The molecule has 1 heterocycles. The number of anilines is 1. The number of hydrogen-bond donors (Lipinski definition) is 2. The van der Waals surface area contributed by atoms with E-state index in [4.69, 9.17) is 4.74 Å². The van der Waals surface area contributed by atoms with Crippen LogP contribution >= 0.6 is 0 Å². The van der Waals surface area contributed by atoms with Crippen molar-refractivity contribution < 1.29 is 17.9 Å². The molecule has 1 aliphatic carbocycles. The molecule has 4 rings (SSSR count). The van der Waals surface area contributed by atoms with Gasteiger partial charge in [0.25, 0.3) is 15.9 Å². The summed E-state index contributed by atoms with van der Waals surface area (Å²) in [5.74, 6) is 0.720. The molecule has 1 fully saturated rings. The number of aromatic nitrogens is 1. The highest BCUT2D eigenvalue weighted by molar-refractivity contribution is 7.92. The Morgan fingerprint density at radius 1 is 1.00 bits per heavy atom. The topological polar surface area (TPSA) is 97.4 Å². The van der Waals surface area contributed by atoms with Gasteiger partial charge in [0, 0.05) is 24.0 Å². The predicted octanol–water partition coefficient (Wildman–Crippen LogP) is 4.96. The van der Waals surface area contributed by atoms with Crippen molar-refractivity contribution in [2.75, 3.05) is 4.72 Å². The molecule has 1 saturated carbocycles. The molecule has 33 heavy (non-hydrogen) atoms. The highest BCUT2D eigenvalue weighted by Gasteiger charge is 2.19. The van der Waals surface area contributed by atoms with Gasteiger partial charge in [0.1, 0.15) is 5.75 Å². The highest BCUT2D eigenvalue weighted by atomic mass is 32.2. The summed E-state index contributed by atoms with van der Waals surface area (Å²) in [5.41, 5.74) is 2.61. The van der Waals surface area contributed by atoms with Crippen LogP contribution in [0.1, 0.15) is 47.2 Å². The molecule has 0 aliphatic heterocycles. The molecule has 8 heteroatoms. The lowest BCUT2D eigenvalue weighted by atomic mass is 10.2. The summed E-state index contributed by atoms with van der Waals surface area (Å²) >= 11 is 0. The van der Waals surface area contributed by atoms with Crippen LogP contribution in [0.5, 0.6) is 11.6 Å². The minimum Gasteiger partial charge on any atom is -0.439 e. The van der Waals surface area contributed by atoms with Crippen LogP contribution in [-0.4, -0.2) is 25.4 Å². The van der Waals surface area contributed by atoms with Gasteiger partial charge in [0.05, 0.1) is 10.5 Å². The first-order chi connectivity index (χ1) is 15.8. The van der Waals surface area contributed by atoms with Gasteiger partial charge in [-0.3, -0.25) is 9.52 Å². The zero-order chi connectivity index (χ0) is 23.4. The third kappa shape index (κ3) is 5.70. The van der Waals surface area contributed by atoms with Crippen LogP contribution in [0.15, 0.2) is 65.7 Å². The molecule has 2 aromatic carbocycles. The van der Waals surface area contributed by atoms with Crippen molar-refractivity contribution in [1.29, 1.82) is 0 Å². The Morgan fingerprint density at radius 3 is 2.36 bits per heavy atom. The zero-order valence-electron chi connectivity index (χ0n) is 18.7. The van der Waals surface area contributed by atoms with E-state index >= 15 is 0 Å². The van der Waals surface area contributed by atoms with Gasteiger partial charge >= 0.3 is 0 Å². The number of carbonyl (C=O) groups excluding carboxylic acids is 1. The van der Waals surface area contributed by atoms with E-state index in [2.05, 4.69) is 15.0 Å². The number of nitrogens with one attached hydrogen (secondary N) is 2. The Kier molecular flexibility index (Phi) is 6.65. The number of sulfonamides is 1. The van der Waals surface area contributed by atoms with Crippen LogP contribution < -0.4 is 14.8 Å². The number of carbonyl (C=O) groups is 1. The second-order valence-electron chi connectivity index (χ2n) is 8.34. The van der Waals surface area contributed by atoms with E-state index in [1.54, 1.807) is 55.5 Å². The van der Waals surface area contributed by atoms with Gasteiger partial charge in [0.2, 0.25) is 5.88 Å². The minimum absolute atomic E-state index is 0.124. The van der Waals surface area contributed by atoms with Crippen molar-refractivity contribution in [1.82, 2.24) is 10.3 Å². The Balaban J connectivity index is 1.37. The lowest BCUT2D eigenvalue weighted by molar-refractivity contribution is 0.0937. The standard InChI is InChI=1S/C25H27N3O4S/c1-17-7-13-23(18(2)15-17)33(30,31)28-21-9-11-22(12-10-21)32-24-14-8-19(16-26-24)25(29)27-20-5-3-4-6-20/h7-16,20,28H,3-6H2,1-2H3,(H,27,29). The second kappa shape index (κ2) is 9.62. The Labute approximate surface area is 194 Å². The van der Waals surface area contributed by atoms with Crippen molar-refractivity contribution in [2.45, 2.75) is 50.5 Å². The Bertz CT molecular complexity index is 1230. The molecule has 0 atom stereocenters. The van der Waals surface area contributed by atoms with E-state index in [0.717, 1.165) is 31.2 Å². The monoisotopic (exact) mass is 465 g/mol. The molecule has 0 unspecified atom stereocenters. The molecule has 3 aromatic rings. The van der Waals surface area contributed by atoms with Crippen LogP contribution in [0.2, 0.25) is 0 Å². The molecule has 1 amide bonds. The molecule has 2 N–H and O–H groups in total. The predicted molar refractivity (Wildman–Crippen MR) is 127 cm³/mol. The average Bonchev–Trinajstić information content (AvgIpc) is 3.28. The third-order valence-corrected chi connectivity index (χ3v) is 7.18. The summed E-state index contributed by atoms with van der Waals surface area (Å²) in [4.78, 5) is 16.8. The summed E-state index contributed by atoms with van der Waals surface area (Å²) in [6.45, 7) is 3.69. The van der Waals surface area contributed by atoms with Gasteiger partial charge in [-0.25, -0.2) is 13.4 Å². The van der Waals surface area contributed by atoms with E-state index in [-0.39, 0.29) is 16.8 Å². The van der Waals surface area contributed by atoms with Crippen LogP contribution in [0.3, 0.4) is 0 Å². The minimum atomic E-state index is -3.70. The average molecular weight is 466 g/mol. The van der Waals surface area contributed by atoms with E-state index < -0.39 is 10.0 Å². The molecular formula is C25H27N3O4S. The summed E-state index contributed by atoms with van der Waals surface area (Å²) in [5, 5.41) is 3.03. The molecule has 0 spiro atoms. The molecule has 172 valence electrons. The summed E-state index contributed by atoms with van der Waals surface area (Å²) in [6, 6.07) is 15.3. The highest BCUT2D eigenvalue weighted by Crippen LogP contribution is 2.25. The van der Waals surface area contributed by atoms with Gasteiger partial charge in [-0.1, -0.05) is 30.5 Å². The van der Waals surface area contributed by atoms with Crippen LogP contribution in [0, 0.1) is 13.8 Å². The lowest BCUT2D eigenvalue weighted by Gasteiger charge is -2.12. The van der Waals surface area contributed by atoms with Gasteiger partial charge in [-0.05, 0) is 68.7 Å². The van der Waals surface area contributed by atoms with Crippen molar-refractivity contribution >= 4 is 21.6 Å². The smallest absolute Gasteiger partial charge is 0.262 e. The molecule has 1 aromatic heterocycles. The van der Waals surface area contributed by atoms with E-state index in [1.807, 2.05) is 13.0 Å². The Morgan fingerprint density at radius 2 is 1.73 bits per heavy atom. The number of pyridine rings is 1. The number of nitrogens with zero attached hydrogens (tertiary/aromatic N) is 1. The van der Waals surface area contributed by atoms with E-state index in [0.29, 0.717) is 28.4 Å².